The fourth-order valence-corrected chi connectivity index (χ4v) is 1.63. The van der Waals surface area contributed by atoms with E-state index in [1.54, 1.807) is 0 Å². The van der Waals surface area contributed by atoms with E-state index in [1.807, 2.05) is 0 Å². The fourth-order valence-electron chi connectivity index (χ4n) is 1.63. The van der Waals surface area contributed by atoms with E-state index in [-0.39, 0.29) is 0 Å². The molecule has 1 aromatic rings. The zero-order valence-electron chi connectivity index (χ0n) is 7.97. The lowest BCUT2D eigenvalue weighted by Crippen LogP contribution is -2.42. The molecule has 3 heteroatoms. The summed E-state index contributed by atoms with van der Waals surface area (Å²) in [6, 6.07) is 4.49. The Morgan fingerprint density at radius 2 is 2.38 bits per heavy atom. The molecule has 1 aliphatic heterocycles. The number of furan rings is 1. The van der Waals surface area contributed by atoms with Gasteiger partial charge in [0, 0.05) is 26.1 Å². The number of rotatable bonds is 2. The molecule has 0 spiro atoms. The normalized spacial score (nSPS) is 23.3. The molecule has 1 saturated heterocycles. The van der Waals surface area contributed by atoms with Crippen molar-refractivity contribution in [3.05, 3.63) is 23.7 Å². The van der Waals surface area contributed by atoms with Crippen molar-refractivity contribution in [3.63, 3.8) is 0 Å². The molecule has 2 heterocycles. The first kappa shape index (κ1) is 8.78. The molecular weight excluding hydrogens is 164 g/mol. The van der Waals surface area contributed by atoms with Crippen LogP contribution in [0.3, 0.4) is 0 Å². The topological polar surface area (TPSA) is 37.2 Å². The molecule has 2 N–H and O–H groups in total. The van der Waals surface area contributed by atoms with Crippen LogP contribution in [-0.2, 0) is 6.42 Å². The van der Waals surface area contributed by atoms with E-state index in [0.29, 0.717) is 6.04 Å². The summed E-state index contributed by atoms with van der Waals surface area (Å²) in [5.41, 5.74) is 0. The predicted molar refractivity (Wildman–Crippen MR) is 51.7 cm³/mol. The molecule has 0 radical (unpaired) electrons. The minimum atomic E-state index is 0.356. The minimum absolute atomic E-state index is 0.356. The summed E-state index contributed by atoms with van der Waals surface area (Å²) in [6.45, 7) is 5.15. The van der Waals surface area contributed by atoms with Crippen LogP contribution in [0.25, 0.3) is 0 Å². The van der Waals surface area contributed by atoms with Crippen molar-refractivity contribution in [3.8, 4) is 0 Å². The van der Waals surface area contributed by atoms with Crippen LogP contribution >= 0.6 is 0 Å². The van der Waals surface area contributed by atoms with Crippen molar-refractivity contribution in [2.45, 2.75) is 19.4 Å². The van der Waals surface area contributed by atoms with Crippen LogP contribution in [0.2, 0.25) is 0 Å². The highest BCUT2D eigenvalue weighted by atomic mass is 16.3. The van der Waals surface area contributed by atoms with Gasteiger partial charge in [0.15, 0.2) is 0 Å². The Kier molecular flexibility index (Phi) is 2.66. The minimum Gasteiger partial charge on any atom is -0.464 e. The highest BCUT2D eigenvalue weighted by Gasteiger charge is 2.16. The number of hydrogen-bond acceptors (Lipinski definition) is 3. The van der Waals surface area contributed by atoms with Crippen LogP contribution in [0.5, 0.6) is 0 Å². The second kappa shape index (κ2) is 3.94. The van der Waals surface area contributed by atoms with Crippen molar-refractivity contribution in [2.75, 3.05) is 19.6 Å². The maximum Gasteiger partial charge on any atom is 0.122 e. The Balaban J connectivity index is 2.05. The average molecular weight is 180 g/mol. The van der Waals surface area contributed by atoms with Crippen molar-refractivity contribution in [1.29, 1.82) is 0 Å². The average Bonchev–Trinajstić information content (AvgIpc) is 2.67. The fraction of sp³-hybridized carbons (Fsp3) is 0.600. The molecule has 1 fully saturated rings. The van der Waals surface area contributed by atoms with E-state index in [0.717, 1.165) is 37.6 Å². The van der Waals surface area contributed by atoms with Crippen molar-refractivity contribution in [1.82, 2.24) is 10.6 Å². The molecule has 1 atom stereocenters. The maximum absolute atomic E-state index is 5.67. The molecule has 0 aliphatic carbocycles. The van der Waals surface area contributed by atoms with Gasteiger partial charge in [-0.15, -0.1) is 0 Å². The van der Waals surface area contributed by atoms with E-state index in [9.17, 15) is 0 Å². The van der Waals surface area contributed by atoms with Crippen LogP contribution in [0.1, 0.15) is 24.5 Å². The second-order valence-electron chi connectivity index (χ2n) is 3.37. The highest BCUT2D eigenvalue weighted by molar-refractivity contribution is 5.11. The zero-order chi connectivity index (χ0) is 9.10. The molecule has 0 aromatic carbocycles. The summed E-state index contributed by atoms with van der Waals surface area (Å²) in [6.07, 6.45) is 0.972. The van der Waals surface area contributed by atoms with Crippen molar-refractivity contribution < 1.29 is 4.42 Å². The summed E-state index contributed by atoms with van der Waals surface area (Å²) in [7, 11) is 0. The molecule has 0 bridgehead atoms. The van der Waals surface area contributed by atoms with Gasteiger partial charge in [0.1, 0.15) is 11.5 Å². The van der Waals surface area contributed by atoms with Gasteiger partial charge in [0.05, 0.1) is 6.04 Å². The lowest BCUT2D eigenvalue weighted by molar-refractivity contribution is 0.353. The van der Waals surface area contributed by atoms with Gasteiger partial charge in [-0.1, -0.05) is 6.92 Å². The molecule has 0 unspecified atom stereocenters. The Morgan fingerprint density at radius 1 is 1.46 bits per heavy atom. The SMILES string of the molecule is CCc1ccc([C@@H]2CNCCN2)o1. The van der Waals surface area contributed by atoms with E-state index >= 15 is 0 Å². The second-order valence-corrected chi connectivity index (χ2v) is 3.37. The highest BCUT2D eigenvalue weighted by Crippen LogP contribution is 2.17. The summed E-state index contributed by atoms with van der Waals surface area (Å²) in [5, 5.41) is 6.75. The third kappa shape index (κ3) is 1.92. The van der Waals surface area contributed by atoms with Gasteiger partial charge in [0.25, 0.3) is 0 Å². The van der Waals surface area contributed by atoms with Gasteiger partial charge >= 0.3 is 0 Å². The van der Waals surface area contributed by atoms with Crippen LogP contribution in [0.15, 0.2) is 16.5 Å². The van der Waals surface area contributed by atoms with E-state index in [1.165, 1.54) is 0 Å². The van der Waals surface area contributed by atoms with E-state index in [4.69, 9.17) is 4.42 Å². The van der Waals surface area contributed by atoms with Gasteiger partial charge < -0.3 is 15.1 Å². The Hall–Kier alpha value is -0.800. The summed E-state index contributed by atoms with van der Waals surface area (Å²) >= 11 is 0. The molecule has 0 saturated carbocycles. The first-order valence-corrected chi connectivity index (χ1v) is 4.93. The summed E-state index contributed by atoms with van der Waals surface area (Å²) in [5.74, 6) is 2.13. The van der Waals surface area contributed by atoms with Crippen LogP contribution in [0.4, 0.5) is 0 Å². The Bertz CT molecular complexity index is 264. The first-order chi connectivity index (χ1) is 6.40. The predicted octanol–water partition coefficient (Wildman–Crippen LogP) is 1.08. The van der Waals surface area contributed by atoms with Gasteiger partial charge in [0.2, 0.25) is 0 Å². The number of aryl methyl sites for hydroxylation is 1. The first-order valence-electron chi connectivity index (χ1n) is 4.93. The molecule has 1 aliphatic rings. The van der Waals surface area contributed by atoms with Crippen molar-refractivity contribution >= 4 is 0 Å². The summed E-state index contributed by atoms with van der Waals surface area (Å²) < 4.78 is 5.67. The monoisotopic (exact) mass is 180 g/mol. The number of piperazine rings is 1. The lowest BCUT2D eigenvalue weighted by Gasteiger charge is -2.22. The number of nitrogens with one attached hydrogen (secondary N) is 2. The van der Waals surface area contributed by atoms with E-state index in [2.05, 4.69) is 29.7 Å². The summed E-state index contributed by atoms with van der Waals surface area (Å²) in [4.78, 5) is 0. The zero-order valence-corrected chi connectivity index (χ0v) is 7.97. The maximum atomic E-state index is 5.67. The van der Waals surface area contributed by atoms with Gasteiger partial charge in [-0.2, -0.15) is 0 Å². The molecular formula is C10H16N2O. The van der Waals surface area contributed by atoms with Gasteiger partial charge in [-0.25, -0.2) is 0 Å². The van der Waals surface area contributed by atoms with Crippen LogP contribution < -0.4 is 10.6 Å². The van der Waals surface area contributed by atoms with Gasteiger partial charge in [-0.3, -0.25) is 0 Å². The molecule has 0 amide bonds. The lowest BCUT2D eigenvalue weighted by atomic mass is 10.2. The molecule has 1 aromatic heterocycles. The standard InChI is InChI=1S/C10H16N2O/c1-2-8-3-4-10(13-8)9-7-11-5-6-12-9/h3-4,9,11-12H,2,5-7H2,1H3/t9-/m0/s1. The van der Waals surface area contributed by atoms with E-state index < -0.39 is 0 Å². The van der Waals surface area contributed by atoms with Crippen molar-refractivity contribution in [2.24, 2.45) is 0 Å². The Morgan fingerprint density at radius 3 is 3.00 bits per heavy atom. The quantitative estimate of drug-likeness (QED) is 0.715. The molecule has 2 rings (SSSR count). The molecule has 3 nitrogen and oxygen atoms in total. The smallest absolute Gasteiger partial charge is 0.122 e. The largest absolute Gasteiger partial charge is 0.464 e. The van der Waals surface area contributed by atoms with Crippen LogP contribution in [0, 0.1) is 0 Å². The third-order valence-electron chi connectivity index (χ3n) is 2.42. The Labute approximate surface area is 78.5 Å². The van der Waals surface area contributed by atoms with Crippen LogP contribution in [-0.4, -0.2) is 19.6 Å². The third-order valence-corrected chi connectivity index (χ3v) is 2.42. The molecule has 13 heavy (non-hydrogen) atoms. The number of hydrogen-bond donors (Lipinski definition) is 2. The molecule has 72 valence electrons. The van der Waals surface area contributed by atoms with Gasteiger partial charge in [-0.05, 0) is 12.1 Å².